The summed E-state index contributed by atoms with van der Waals surface area (Å²) < 4.78 is 2.17. The number of amides is 1. The summed E-state index contributed by atoms with van der Waals surface area (Å²) in [6, 6.07) is 12.3. The number of carbonyl (C=O) groups is 1. The lowest BCUT2D eigenvalue weighted by molar-refractivity contribution is -0.114. The van der Waals surface area contributed by atoms with Gasteiger partial charge in [0.25, 0.3) is 5.91 Å². The normalized spacial score (nSPS) is 32.3. The minimum Gasteiger partial charge on any atom is -0.318 e. The predicted octanol–water partition coefficient (Wildman–Crippen LogP) is 5.93. The van der Waals surface area contributed by atoms with Crippen molar-refractivity contribution in [3.8, 4) is 5.69 Å². The van der Waals surface area contributed by atoms with Crippen LogP contribution in [0.2, 0.25) is 0 Å². The second kappa shape index (κ2) is 7.53. The van der Waals surface area contributed by atoms with Crippen LogP contribution in [0.15, 0.2) is 52.1 Å². The molecule has 2 aliphatic heterocycles. The molecule has 7 heteroatoms. The van der Waals surface area contributed by atoms with E-state index in [9.17, 15) is 4.79 Å². The monoisotopic (exact) mass is 483 g/mol. The fourth-order valence-corrected chi connectivity index (χ4v) is 8.75. The van der Waals surface area contributed by atoms with Gasteiger partial charge in [0.05, 0.1) is 5.57 Å². The molecule has 0 saturated heterocycles. The number of aliphatic imine (C=N–C) groups is 1. The van der Waals surface area contributed by atoms with Crippen molar-refractivity contribution in [2.75, 3.05) is 0 Å². The summed E-state index contributed by atoms with van der Waals surface area (Å²) in [7, 11) is 0. The molecule has 2 aromatic rings. The van der Waals surface area contributed by atoms with Crippen molar-refractivity contribution in [2.24, 2.45) is 33.3 Å². The number of thioether (sulfide) groups is 1. The number of nitrogens with zero attached hydrogens (tertiary/aromatic N) is 4. The van der Waals surface area contributed by atoms with Gasteiger partial charge >= 0.3 is 0 Å². The summed E-state index contributed by atoms with van der Waals surface area (Å²) >= 11 is 1.54. The standard InChI is InChI=1S/C28H29N5OS/c1-16-8-21(17(2)32(16)22-6-4-3-5-7-22)12-23-24(29)33-27(30-25(23)34)35-26(31-33)28-13-18-9-19(14-28)11-20(10-18)15-28/h3-8,12,18-20,29H,9-11,13-15H2,1-2H3. The highest BCUT2D eigenvalue weighted by Crippen LogP contribution is 2.62. The van der Waals surface area contributed by atoms with Crippen molar-refractivity contribution in [2.45, 2.75) is 52.4 Å². The van der Waals surface area contributed by atoms with Crippen LogP contribution < -0.4 is 0 Å². The molecule has 1 aromatic heterocycles. The summed E-state index contributed by atoms with van der Waals surface area (Å²) in [4.78, 5) is 17.5. The number of hydrazone groups is 1. The molecule has 6 aliphatic rings. The molecule has 4 fully saturated rings. The Morgan fingerprint density at radius 2 is 1.71 bits per heavy atom. The zero-order chi connectivity index (χ0) is 23.9. The Morgan fingerprint density at radius 3 is 2.37 bits per heavy atom. The molecule has 35 heavy (non-hydrogen) atoms. The first kappa shape index (κ1) is 21.4. The van der Waals surface area contributed by atoms with Gasteiger partial charge in [0.1, 0.15) is 5.04 Å². The molecule has 4 saturated carbocycles. The van der Waals surface area contributed by atoms with E-state index in [1.54, 1.807) is 5.01 Å². The third-order valence-corrected chi connectivity index (χ3v) is 9.89. The SMILES string of the molecule is Cc1cc(C=C2C(=N)N3N=C(C45CC6CC(CC(C6)C4)C5)SC3=NC2=O)c(C)n1-c1ccccc1. The van der Waals surface area contributed by atoms with Crippen LogP contribution in [0.4, 0.5) is 0 Å². The van der Waals surface area contributed by atoms with Crippen LogP contribution in [0.5, 0.6) is 0 Å². The Hall–Kier alpha value is -2.93. The van der Waals surface area contributed by atoms with Crippen LogP contribution in [0.3, 0.4) is 0 Å². The summed E-state index contributed by atoms with van der Waals surface area (Å²) in [5, 5.41) is 17.1. The van der Waals surface area contributed by atoms with Gasteiger partial charge < -0.3 is 4.57 Å². The molecule has 0 atom stereocenters. The number of amidine groups is 2. The van der Waals surface area contributed by atoms with Crippen LogP contribution in [0, 0.1) is 42.4 Å². The fourth-order valence-electron chi connectivity index (χ4n) is 7.64. The fraction of sp³-hybridized carbons (Fsp3) is 0.429. The molecule has 1 aromatic carbocycles. The number of hydrogen-bond acceptors (Lipinski definition) is 4. The van der Waals surface area contributed by atoms with E-state index in [2.05, 4.69) is 34.7 Å². The molecule has 178 valence electrons. The van der Waals surface area contributed by atoms with E-state index in [-0.39, 0.29) is 17.2 Å². The summed E-state index contributed by atoms with van der Waals surface area (Å²) in [5.74, 6) is 2.25. The van der Waals surface area contributed by atoms with Gasteiger partial charge in [-0.1, -0.05) is 18.2 Å². The number of carbonyl (C=O) groups excluding carboxylic acids is 1. The number of nitrogens with one attached hydrogen (secondary N) is 1. The second-order valence-corrected chi connectivity index (χ2v) is 12.1. The van der Waals surface area contributed by atoms with E-state index in [4.69, 9.17) is 10.5 Å². The lowest BCUT2D eigenvalue weighted by Crippen LogP contribution is -2.49. The van der Waals surface area contributed by atoms with Gasteiger partial charge in [-0.25, -0.2) is 0 Å². The van der Waals surface area contributed by atoms with E-state index in [1.165, 1.54) is 50.3 Å². The lowest BCUT2D eigenvalue weighted by Gasteiger charge is -2.56. The van der Waals surface area contributed by atoms with Crippen molar-refractivity contribution in [3.05, 3.63) is 58.9 Å². The Bertz CT molecular complexity index is 1330. The van der Waals surface area contributed by atoms with Crippen LogP contribution in [-0.2, 0) is 4.79 Å². The maximum Gasteiger partial charge on any atom is 0.283 e. The molecular weight excluding hydrogens is 454 g/mol. The Morgan fingerprint density at radius 1 is 1.06 bits per heavy atom. The number of para-hydroxylation sites is 1. The molecule has 0 spiro atoms. The summed E-state index contributed by atoms with van der Waals surface area (Å²) in [5.41, 5.74) is 4.56. The largest absolute Gasteiger partial charge is 0.318 e. The number of benzene rings is 1. The molecule has 0 unspecified atom stereocenters. The second-order valence-electron chi connectivity index (χ2n) is 11.1. The number of rotatable bonds is 3. The molecule has 0 radical (unpaired) electrons. The van der Waals surface area contributed by atoms with Crippen molar-refractivity contribution < 1.29 is 4.79 Å². The zero-order valence-electron chi connectivity index (χ0n) is 20.1. The topological polar surface area (TPSA) is 73.8 Å². The van der Waals surface area contributed by atoms with Gasteiger partial charge in [0.2, 0.25) is 5.17 Å². The van der Waals surface area contributed by atoms with E-state index < -0.39 is 0 Å². The van der Waals surface area contributed by atoms with E-state index in [0.717, 1.165) is 45.4 Å². The third kappa shape index (κ3) is 3.24. The van der Waals surface area contributed by atoms with Crippen LogP contribution in [0.1, 0.15) is 55.5 Å². The minimum absolute atomic E-state index is 0.132. The number of fused-ring (bicyclic) bond motifs is 1. The zero-order valence-corrected chi connectivity index (χ0v) is 20.9. The van der Waals surface area contributed by atoms with Crippen molar-refractivity contribution >= 4 is 39.8 Å². The minimum atomic E-state index is -0.347. The van der Waals surface area contributed by atoms with Crippen LogP contribution in [-0.4, -0.2) is 31.5 Å². The quantitative estimate of drug-likeness (QED) is 0.550. The lowest BCUT2D eigenvalue weighted by atomic mass is 9.50. The Balaban J connectivity index is 1.22. The first-order chi connectivity index (χ1) is 16.9. The highest BCUT2D eigenvalue weighted by molar-refractivity contribution is 8.27. The maximum absolute atomic E-state index is 13.1. The Labute approximate surface area is 209 Å². The first-order valence-electron chi connectivity index (χ1n) is 12.7. The molecular formula is C28H29N5OS. The predicted molar refractivity (Wildman–Crippen MR) is 141 cm³/mol. The van der Waals surface area contributed by atoms with Gasteiger partial charge in [-0.2, -0.15) is 15.1 Å². The molecule has 3 heterocycles. The molecule has 1 amide bonds. The third-order valence-electron chi connectivity index (χ3n) is 8.73. The van der Waals surface area contributed by atoms with Crippen molar-refractivity contribution in [1.29, 1.82) is 5.41 Å². The average molecular weight is 484 g/mol. The van der Waals surface area contributed by atoms with Gasteiger partial charge in [0.15, 0.2) is 5.84 Å². The Kier molecular flexibility index (Phi) is 4.60. The number of aromatic nitrogens is 1. The summed E-state index contributed by atoms with van der Waals surface area (Å²) in [6.45, 7) is 4.11. The smallest absolute Gasteiger partial charge is 0.283 e. The molecule has 4 aliphatic carbocycles. The van der Waals surface area contributed by atoms with Gasteiger partial charge in [-0.3, -0.25) is 10.2 Å². The van der Waals surface area contributed by atoms with Gasteiger partial charge in [-0.15, -0.1) is 0 Å². The molecule has 6 nitrogen and oxygen atoms in total. The average Bonchev–Trinajstić information content (AvgIpc) is 3.37. The molecule has 8 rings (SSSR count). The maximum atomic E-state index is 13.1. The van der Waals surface area contributed by atoms with E-state index >= 15 is 0 Å². The van der Waals surface area contributed by atoms with Gasteiger partial charge in [0, 0.05) is 22.5 Å². The van der Waals surface area contributed by atoms with Crippen molar-refractivity contribution in [3.63, 3.8) is 0 Å². The van der Waals surface area contributed by atoms with Crippen molar-refractivity contribution in [1.82, 2.24) is 9.58 Å². The van der Waals surface area contributed by atoms with Crippen LogP contribution in [0.25, 0.3) is 11.8 Å². The van der Waals surface area contributed by atoms with E-state index in [0.29, 0.717) is 10.7 Å². The number of aryl methyl sites for hydroxylation is 1. The molecule has 4 bridgehead atoms. The highest BCUT2D eigenvalue weighted by Gasteiger charge is 2.55. The highest BCUT2D eigenvalue weighted by atomic mass is 32.2. The first-order valence-corrected chi connectivity index (χ1v) is 13.5. The van der Waals surface area contributed by atoms with Crippen LogP contribution >= 0.6 is 11.8 Å². The van der Waals surface area contributed by atoms with Gasteiger partial charge in [-0.05, 0) is 112 Å². The van der Waals surface area contributed by atoms with E-state index in [1.807, 2.05) is 31.2 Å². The summed E-state index contributed by atoms with van der Waals surface area (Å²) in [6.07, 6.45) is 9.58. The molecule has 1 N–H and O–H groups in total. The number of hydrogen-bond donors (Lipinski definition) is 1.